The third-order valence-corrected chi connectivity index (χ3v) is 4.91. The summed E-state index contributed by atoms with van der Waals surface area (Å²) in [6.45, 7) is 19.1. The highest BCUT2D eigenvalue weighted by Crippen LogP contribution is 2.28. The van der Waals surface area contributed by atoms with Crippen molar-refractivity contribution in [2.24, 2.45) is 11.8 Å². The Morgan fingerprint density at radius 3 is 1.84 bits per heavy atom. The Labute approximate surface area is 188 Å². The van der Waals surface area contributed by atoms with Crippen molar-refractivity contribution in [2.75, 3.05) is 0 Å². The van der Waals surface area contributed by atoms with Gasteiger partial charge in [0, 0.05) is 0 Å². The fraction of sp³-hybridized carbons (Fsp3) is 0.615. The maximum atomic E-state index is 13.0. The molecule has 0 unspecified atom stereocenters. The molecule has 0 saturated carbocycles. The monoisotopic (exact) mass is 431 g/mol. The molecule has 5 nitrogen and oxygen atoms in total. The van der Waals surface area contributed by atoms with Crippen molar-refractivity contribution in [1.29, 1.82) is 0 Å². The van der Waals surface area contributed by atoms with Crippen LogP contribution in [-0.2, 0) is 20.7 Å². The van der Waals surface area contributed by atoms with E-state index in [1.165, 1.54) is 0 Å². The first-order chi connectivity index (χ1) is 14.1. The number of nitrogens with one attached hydrogen (secondary N) is 1. The van der Waals surface area contributed by atoms with Crippen LogP contribution in [0.25, 0.3) is 0 Å². The van der Waals surface area contributed by atoms with E-state index in [-0.39, 0.29) is 17.9 Å². The van der Waals surface area contributed by atoms with Crippen LogP contribution < -0.4 is 5.32 Å². The number of hydrogen-bond donors (Lipinski definition) is 1. The molecule has 0 heterocycles. The van der Waals surface area contributed by atoms with Gasteiger partial charge in [0.2, 0.25) is 0 Å². The van der Waals surface area contributed by atoms with Crippen LogP contribution in [0, 0.1) is 11.8 Å². The van der Waals surface area contributed by atoms with Crippen LogP contribution in [0.1, 0.15) is 74.8 Å². The highest BCUT2D eigenvalue weighted by molar-refractivity contribution is 5.77. The number of esters is 1. The Kier molecular flexibility index (Phi) is 9.34. The van der Waals surface area contributed by atoms with Gasteiger partial charge in [-0.05, 0) is 73.3 Å². The molecular formula is C26H41NO4. The number of hydrogen-bond acceptors (Lipinski definition) is 4. The van der Waals surface area contributed by atoms with Gasteiger partial charge < -0.3 is 14.8 Å². The number of carbonyl (C=O) groups excluding carboxylic acids is 2. The van der Waals surface area contributed by atoms with Gasteiger partial charge in [-0.1, -0.05) is 55.3 Å². The lowest BCUT2D eigenvalue weighted by Gasteiger charge is -2.30. The van der Waals surface area contributed by atoms with E-state index in [0.29, 0.717) is 6.42 Å². The van der Waals surface area contributed by atoms with Gasteiger partial charge in [0.15, 0.2) is 0 Å². The molecule has 5 heteroatoms. The second kappa shape index (κ2) is 10.8. The summed E-state index contributed by atoms with van der Waals surface area (Å²) >= 11 is 0. The molecule has 0 aromatic heterocycles. The standard InChI is InChI=1S/C26H41NO4/c1-17(2)22(23(28)30-25(5,6)7)19(4)18(3)21(16-20-14-12-11-13-15-20)27-24(29)31-26(8,9)10/h11-15,17,21-22H,16H2,1-10H3,(H,27,29)/b19-18+/t21-,22-/m1/s1. The topological polar surface area (TPSA) is 64.6 Å². The van der Waals surface area contributed by atoms with E-state index in [1.807, 2.05) is 99.6 Å². The molecule has 0 bridgehead atoms. The van der Waals surface area contributed by atoms with Gasteiger partial charge in [-0.25, -0.2) is 4.79 Å². The molecule has 1 amide bonds. The summed E-state index contributed by atoms with van der Waals surface area (Å²) in [5.41, 5.74) is 1.80. The van der Waals surface area contributed by atoms with Gasteiger partial charge in [0.25, 0.3) is 0 Å². The predicted octanol–water partition coefficient (Wildman–Crippen LogP) is 6.07. The lowest BCUT2D eigenvalue weighted by atomic mass is 9.83. The molecule has 0 aliphatic heterocycles. The van der Waals surface area contributed by atoms with E-state index in [2.05, 4.69) is 5.32 Å². The molecule has 2 atom stereocenters. The van der Waals surface area contributed by atoms with Gasteiger partial charge in [-0.15, -0.1) is 0 Å². The third-order valence-electron chi connectivity index (χ3n) is 4.91. The van der Waals surface area contributed by atoms with Crippen LogP contribution in [0.4, 0.5) is 4.79 Å². The summed E-state index contributed by atoms with van der Waals surface area (Å²) in [7, 11) is 0. The molecule has 0 aliphatic rings. The number of alkyl carbamates (subject to hydrolysis) is 1. The minimum absolute atomic E-state index is 0.0590. The predicted molar refractivity (Wildman–Crippen MR) is 126 cm³/mol. The summed E-state index contributed by atoms with van der Waals surface area (Å²) in [4.78, 5) is 25.5. The summed E-state index contributed by atoms with van der Waals surface area (Å²) in [6.07, 6.45) is 0.126. The molecule has 1 aromatic carbocycles. The molecule has 1 rings (SSSR count). The third kappa shape index (κ3) is 9.58. The molecule has 1 aromatic rings. The van der Waals surface area contributed by atoms with Crippen LogP contribution in [0.2, 0.25) is 0 Å². The van der Waals surface area contributed by atoms with Crippen molar-refractivity contribution in [1.82, 2.24) is 5.32 Å². The maximum absolute atomic E-state index is 13.0. The van der Waals surface area contributed by atoms with Gasteiger partial charge in [0.05, 0.1) is 12.0 Å². The van der Waals surface area contributed by atoms with Gasteiger partial charge in [-0.2, -0.15) is 0 Å². The van der Waals surface area contributed by atoms with E-state index < -0.39 is 23.2 Å². The Balaban J connectivity index is 3.29. The Bertz CT molecular complexity index is 767. The van der Waals surface area contributed by atoms with Gasteiger partial charge >= 0.3 is 12.1 Å². The average Bonchev–Trinajstić information content (AvgIpc) is 2.57. The van der Waals surface area contributed by atoms with E-state index in [1.54, 1.807) is 0 Å². The highest BCUT2D eigenvalue weighted by Gasteiger charge is 2.32. The largest absolute Gasteiger partial charge is 0.460 e. The zero-order valence-corrected chi connectivity index (χ0v) is 21.0. The van der Waals surface area contributed by atoms with Crippen molar-refractivity contribution >= 4 is 12.1 Å². The van der Waals surface area contributed by atoms with Crippen LogP contribution in [0.3, 0.4) is 0 Å². The van der Waals surface area contributed by atoms with Crippen molar-refractivity contribution in [3.8, 4) is 0 Å². The zero-order valence-electron chi connectivity index (χ0n) is 21.0. The summed E-state index contributed by atoms with van der Waals surface area (Å²) < 4.78 is 11.2. The molecule has 174 valence electrons. The first-order valence-corrected chi connectivity index (χ1v) is 11.0. The second-order valence-corrected chi connectivity index (χ2v) is 10.5. The average molecular weight is 432 g/mol. The summed E-state index contributed by atoms with van der Waals surface area (Å²) in [5.74, 6) is -0.572. The quantitative estimate of drug-likeness (QED) is 0.420. The maximum Gasteiger partial charge on any atom is 0.408 e. The van der Waals surface area contributed by atoms with E-state index in [4.69, 9.17) is 9.47 Å². The van der Waals surface area contributed by atoms with Crippen molar-refractivity contribution < 1.29 is 19.1 Å². The van der Waals surface area contributed by atoms with Crippen molar-refractivity contribution in [2.45, 2.75) is 92.9 Å². The lowest BCUT2D eigenvalue weighted by molar-refractivity contribution is -0.160. The van der Waals surface area contributed by atoms with Crippen LogP contribution >= 0.6 is 0 Å². The number of rotatable bonds is 7. The summed E-state index contributed by atoms with van der Waals surface area (Å²) in [5, 5.41) is 3.01. The smallest absolute Gasteiger partial charge is 0.408 e. The first-order valence-electron chi connectivity index (χ1n) is 11.0. The Hall–Kier alpha value is -2.30. The summed E-state index contributed by atoms with van der Waals surface area (Å²) in [6, 6.07) is 9.67. The van der Waals surface area contributed by atoms with Crippen LogP contribution in [-0.4, -0.2) is 29.3 Å². The highest BCUT2D eigenvalue weighted by atomic mass is 16.6. The van der Waals surface area contributed by atoms with Crippen molar-refractivity contribution in [3.05, 3.63) is 47.0 Å². The Morgan fingerprint density at radius 2 is 1.39 bits per heavy atom. The minimum Gasteiger partial charge on any atom is -0.460 e. The lowest BCUT2D eigenvalue weighted by Crippen LogP contribution is -2.42. The molecule has 0 fully saturated rings. The van der Waals surface area contributed by atoms with E-state index in [0.717, 1.165) is 16.7 Å². The number of carbonyl (C=O) groups is 2. The fourth-order valence-corrected chi connectivity index (χ4v) is 3.45. The Morgan fingerprint density at radius 1 is 0.871 bits per heavy atom. The van der Waals surface area contributed by atoms with Gasteiger partial charge in [0.1, 0.15) is 11.2 Å². The van der Waals surface area contributed by atoms with E-state index in [9.17, 15) is 9.59 Å². The van der Waals surface area contributed by atoms with Crippen LogP contribution in [0.5, 0.6) is 0 Å². The SMILES string of the molecule is C/C(=C(/C)[C@H](C(=O)OC(C)(C)C)C(C)C)[C@@H](Cc1ccccc1)NC(=O)OC(C)(C)C. The molecule has 0 aliphatic carbocycles. The molecular weight excluding hydrogens is 390 g/mol. The minimum atomic E-state index is -0.592. The molecule has 0 spiro atoms. The normalized spacial score (nSPS) is 15.1. The number of amides is 1. The zero-order chi connectivity index (χ0) is 24.0. The molecule has 31 heavy (non-hydrogen) atoms. The first kappa shape index (κ1) is 26.7. The molecule has 1 N–H and O–H groups in total. The van der Waals surface area contributed by atoms with Crippen LogP contribution in [0.15, 0.2) is 41.5 Å². The molecule has 0 saturated heterocycles. The van der Waals surface area contributed by atoms with Crippen molar-refractivity contribution in [3.63, 3.8) is 0 Å². The second-order valence-electron chi connectivity index (χ2n) is 10.5. The number of benzene rings is 1. The molecule has 0 radical (unpaired) electrons. The number of ether oxygens (including phenoxy) is 2. The van der Waals surface area contributed by atoms with Gasteiger partial charge in [-0.3, -0.25) is 4.79 Å². The fourth-order valence-electron chi connectivity index (χ4n) is 3.45. The van der Waals surface area contributed by atoms with E-state index >= 15 is 0 Å².